The number of rotatable bonds is 2. The highest BCUT2D eigenvalue weighted by Gasteiger charge is 2.10. The summed E-state index contributed by atoms with van der Waals surface area (Å²) >= 11 is 0. The molecule has 0 bridgehead atoms. The van der Waals surface area contributed by atoms with Crippen LogP contribution in [0.25, 0.3) is 5.57 Å². The van der Waals surface area contributed by atoms with Crippen molar-refractivity contribution in [3.8, 4) is 0 Å². The molecule has 1 aliphatic rings. The number of hydrogen-bond acceptors (Lipinski definition) is 3. The SMILES string of the molecule is O=[N+]([O-])c1cccc(C2=CCOCC2)c1. The van der Waals surface area contributed by atoms with Crippen molar-refractivity contribution in [3.63, 3.8) is 0 Å². The molecule has 4 nitrogen and oxygen atoms in total. The lowest BCUT2D eigenvalue weighted by atomic mass is 10.0. The number of nitro groups is 1. The summed E-state index contributed by atoms with van der Waals surface area (Å²) in [7, 11) is 0. The van der Waals surface area contributed by atoms with E-state index in [0.29, 0.717) is 13.2 Å². The Labute approximate surface area is 87.3 Å². The molecule has 0 saturated carbocycles. The predicted molar refractivity (Wildman–Crippen MR) is 56.5 cm³/mol. The molecule has 0 amide bonds. The van der Waals surface area contributed by atoms with Crippen LogP contribution in [0.2, 0.25) is 0 Å². The zero-order valence-electron chi connectivity index (χ0n) is 8.18. The minimum Gasteiger partial charge on any atom is -0.377 e. The first kappa shape index (κ1) is 9.86. The third kappa shape index (κ3) is 2.22. The molecule has 0 aliphatic carbocycles. The molecule has 78 valence electrons. The Bertz CT molecular complexity index is 412. The van der Waals surface area contributed by atoms with Crippen molar-refractivity contribution in [3.05, 3.63) is 46.0 Å². The summed E-state index contributed by atoms with van der Waals surface area (Å²) in [5.74, 6) is 0. The normalized spacial score (nSPS) is 15.9. The van der Waals surface area contributed by atoms with E-state index in [1.165, 1.54) is 6.07 Å². The molecule has 15 heavy (non-hydrogen) atoms. The van der Waals surface area contributed by atoms with Crippen molar-refractivity contribution >= 4 is 11.3 Å². The maximum absolute atomic E-state index is 10.6. The molecule has 0 N–H and O–H groups in total. The van der Waals surface area contributed by atoms with Crippen LogP contribution in [0.3, 0.4) is 0 Å². The molecule has 0 spiro atoms. The van der Waals surface area contributed by atoms with Gasteiger partial charge in [-0.1, -0.05) is 18.2 Å². The molecule has 4 heteroatoms. The predicted octanol–water partition coefficient (Wildman–Crippen LogP) is 2.40. The van der Waals surface area contributed by atoms with Crippen LogP contribution in [-0.2, 0) is 4.74 Å². The molecule has 0 unspecified atom stereocenters. The van der Waals surface area contributed by atoms with Gasteiger partial charge in [-0.05, 0) is 17.6 Å². The van der Waals surface area contributed by atoms with Gasteiger partial charge in [-0.25, -0.2) is 0 Å². The Kier molecular flexibility index (Phi) is 2.78. The van der Waals surface area contributed by atoms with Gasteiger partial charge in [-0.2, -0.15) is 0 Å². The quantitative estimate of drug-likeness (QED) is 0.550. The largest absolute Gasteiger partial charge is 0.377 e. The van der Waals surface area contributed by atoms with Crippen LogP contribution in [0.5, 0.6) is 0 Å². The van der Waals surface area contributed by atoms with Crippen LogP contribution in [0.1, 0.15) is 12.0 Å². The average molecular weight is 205 g/mol. The van der Waals surface area contributed by atoms with Crippen LogP contribution in [0.15, 0.2) is 30.3 Å². The molecule has 0 aromatic heterocycles. The van der Waals surface area contributed by atoms with E-state index in [1.807, 2.05) is 12.1 Å². The van der Waals surface area contributed by atoms with E-state index in [2.05, 4.69) is 0 Å². The highest BCUT2D eigenvalue weighted by molar-refractivity contribution is 5.67. The second-order valence-corrected chi connectivity index (χ2v) is 3.36. The zero-order chi connectivity index (χ0) is 10.7. The summed E-state index contributed by atoms with van der Waals surface area (Å²) in [5.41, 5.74) is 2.19. The first-order valence-electron chi connectivity index (χ1n) is 4.79. The van der Waals surface area contributed by atoms with Gasteiger partial charge in [0.05, 0.1) is 18.1 Å². The highest BCUT2D eigenvalue weighted by Crippen LogP contribution is 2.24. The highest BCUT2D eigenvalue weighted by atomic mass is 16.6. The van der Waals surface area contributed by atoms with Gasteiger partial charge in [0, 0.05) is 12.1 Å². The summed E-state index contributed by atoms with van der Waals surface area (Å²) in [4.78, 5) is 10.2. The summed E-state index contributed by atoms with van der Waals surface area (Å²) in [6, 6.07) is 6.72. The van der Waals surface area contributed by atoms with Gasteiger partial charge in [-0.3, -0.25) is 10.1 Å². The Morgan fingerprint density at radius 2 is 2.27 bits per heavy atom. The van der Waals surface area contributed by atoms with Crippen molar-refractivity contribution in [2.45, 2.75) is 6.42 Å². The first-order valence-corrected chi connectivity index (χ1v) is 4.79. The van der Waals surface area contributed by atoms with Crippen LogP contribution in [0, 0.1) is 10.1 Å². The molecule has 0 atom stereocenters. The number of ether oxygens (including phenoxy) is 1. The van der Waals surface area contributed by atoms with Crippen molar-refractivity contribution in [1.82, 2.24) is 0 Å². The molecule has 2 rings (SSSR count). The number of nitrogens with zero attached hydrogens (tertiary/aromatic N) is 1. The Balaban J connectivity index is 2.31. The van der Waals surface area contributed by atoms with Gasteiger partial charge in [0.15, 0.2) is 0 Å². The number of non-ortho nitro benzene ring substituents is 1. The average Bonchev–Trinajstić information content (AvgIpc) is 2.30. The second-order valence-electron chi connectivity index (χ2n) is 3.36. The Morgan fingerprint density at radius 1 is 1.40 bits per heavy atom. The van der Waals surface area contributed by atoms with Crippen LogP contribution < -0.4 is 0 Å². The van der Waals surface area contributed by atoms with Crippen molar-refractivity contribution in [2.24, 2.45) is 0 Å². The van der Waals surface area contributed by atoms with E-state index in [1.54, 1.807) is 12.1 Å². The third-order valence-electron chi connectivity index (χ3n) is 2.39. The van der Waals surface area contributed by atoms with Gasteiger partial charge < -0.3 is 4.74 Å². The maximum atomic E-state index is 10.6. The van der Waals surface area contributed by atoms with Gasteiger partial charge >= 0.3 is 0 Å². The smallest absolute Gasteiger partial charge is 0.270 e. The minimum atomic E-state index is -0.372. The van der Waals surface area contributed by atoms with Crippen molar-refractivity contribution in [2.75, 3.05) is 13.2 Å². The molecular weight excluding hydrogens is 194 g/mol. The summed E-state index contributed by atoms with van der Waals surface area (Å²) < 4.78 is 5.19. The fourth-order valence-corrected chi connectivity index (χ4v) is 1.61. The summed E-state index contributed by atoms with van der Waals surface area (Å²) in [6.07, 6.45) is 2.80. The summed E-state index contributed by atoms with van der Waals surface area (Å²) in [6.45, 7) is 1.28. The number of hydrogen-bond donors (Lipinski definition) is 0. The van der Waals surface area contributed by atoms with E-state index in [4.69, 9.17) is 4.74 Å². The Hall–Kier alpha value is -1.68. The van der Waals surface area contributed by atoms with Crippen molar-refractivity contribution < 1.29 is 9.66 Å². The topological polar surface area (TPSA) is 52.4 Å². The minimum absolute atomic E-state index is 0.139. The molecule has 1 aromatic rings. The van der Waals surface area contributed by atoms with E-state index in [0.717, 1.165) is 17.6 Å². The lowest BCUT2D eigenvalue weighted by molar-refractivity contribution is -0.384. The van der Waals surface area contributed by atoms with E-state index >= 15 is 0 Å². The van der Waals surface area contributed by atoms with Gasteiger partial charge in [0.1, 0.15) is 0 Å². The maximum Gasteiger partial charge on any atom is 0.270 e. The van der Waals surface area contributed by atoms with Crippen molar-refractivity contribution in [1.29, 1.82) is 0 Å². The van der Waals surface area contributed by atoms with Crippen LogP contribution in [-0.4, -0.2) is 18.1 Å². The molecule has 0 fully saturated rings. The van der Waals surface area contributed by atoms with Crippen LogP contribution >= 0.6 is 0 Å². The van der Waals surface area contributed by atoms with E-state index < -0.39 is 0 Å². The fraction of sp³-hybridized carbons (Fsp3) is 0.273. The first-order chi connectivity index (χ1) is 7.27. The molecule has 1 aromatic carbocycles. The monoisotopic (exact) mass is 205 g/mol. The van der Waals surface area contributed by atoms with Gasteiger partial charge in [-0.15, -0.1) is 0 Å². The molecular formula is C11H11NO3. The van der Waals surface area contributed by atoms with E-state index in [-0.39, 0.29) is 10.6 Å². The molecule has 1 aliphatic heterocycles. The van der Waals surface area contributed by atoms with Gasteiger partial charge in [0.25, 0.3) is 5.69 Å². The fourth-order valence-electron chi connectivity index (χ4n) is 1.61. The van der Waals surface area contributed by atoms with Crippen LogP contribution in [0.4, 0.5) is 5.69 Å². The number of nitro benzene ring substituents is 1. The number of benzene rings is 1. The summed E-state index contributed by atoms with van der Waals surface area (Å²) in [5, 5.41) is 10.6. The second kappa shape index (κ2) is 4.23. The third-order valence-corrected chi connectivity index (χ3v) is 2.39. The molecule has 1 heterocycles. The lowest BCUT2D eigenvalue weighted by Gasteiger charge is -2.13. The van der Waals surface area contributed by atoms with Gasteiger partial charge in [0.2, 0.25) is 0 Å². The molecule has 0 saturated heterocycles. The Morgan fingerprint density at radius 3 is 2.93 bits per heavy atom. The van der Waals surface area contributed by atoms with E-state index in [9.17, 15) is 10.1 Å². The molecule has 0 radical (unpaired) electrons. The lowest BCUT2D eigenvalue weighted by Crippen LogP contribution is -2.03. The standard InChI is InChI=1S/C11H11NO3/c13-12(14)11-3-1-2-10(8-11)9-4-6-15-7-5-9/h1-4,8H,5-7H2. The zero-order valence-corrected chi connectivity index (χ0v) is 8.18.